The summed E-state index contributed by atoms with van der Waals surface area (Å²) >= 11 is 0. The van der Waals surface area contributed by atoms with Crippen LogP contribution in [0.3, 0.4) is 0 Å². The van der Waals surface area contributed by atoms with E-state index in [1.807, 2.05) is 27.7 Å². The number of rotatable bonds is 10. The van der Waals surface area contributed by atoms with Crippen molar-refractivity contribution in [3.05, 3.63) is 40.5 Å². The summed E-state index contributed by atoms with van der Waals surface area (Å²) in [6.45, 7) is 10.0. The number of aromatic nitrogens is 2. The number of carbonyl (C=O) groups is 1. The molecule has 3 rings (SSSR count). The first-order chi connectivity index (χ1) is 16.4. The van der Waals surface area contributed by atoms with Crippen molar-refractivity contribution in [3.63, 3.8) is 0 Å². The van der Waals surface area contributed by atoms with Gasteiger partial charge in [0.2, 0.25) is 5.78 Å². The number of nitrogens with zero attached hydrogens (tertiary/aromatic N) is 3. The van der Waals surface area contributed by atoms with Crippen LogP contribution in [0.5, 0.6) is 5.75 Å². The highest BCUT2D eigenvalue weighted by Crippen LogP contribution is 2.42. The first-order valence-corrected chi connectivity index (χ1v) is 13.2. The lowest BCUT2D eigenvalue weighted by Gasteiger charge is -2.35. The van der Waals surface area contributed by atoms with E-state index in [1.54, 1.807) is 30.9 Å². The van der Waals surface area contributed by atoms with Gasteiger partial charge >= 0.3 is 0 Å². The Morgan fingerprint density at radius 3 is 2.69 bits per heavy atom. The Kier molecular flexibility index (Phi) is 8.03. The van der Waals surface area contributed by atoms with E-state index in [0.717, 1.165) is 36.1 Å². The molecule has 0 saturated heterocycles. The summed E-state index contributed by atoms with van der Waals surface area (Å²) in [6, 6.07) is -0.653. The predicted octanol–water partition coefficient (Wildman–Crippen LogP) is 2.25. The minimum absolute atomic E-state index is 0.210. The first-order valence-electron chi connectivity index (χ1n) is 11.7. The molecule has 11 heteroatoms. The fourth-order valence-corrected chi connectivity index (χ4v) is 5.66. The Balaban J connectivity index is 1.57. The second kappa shape index (κ2) is 10.5. The minimum Gasteiger partial charge on any atom is -0.487 e. The maximum atomic E-state index is 13.1. The minimum atomic E-state index is -3.92. The van der Waals surface area contributed by atoms with Crippen LogP contribution in [-0.4, -0.2) is 48.3 Å². The zero-order valence-electron chi connectivity index (χ0n) is 21.3. The Labute approximate surface area is 207 Å². The third-order valence-electron chi connectivity index (χ3n) is 6.48. The number of carbonyl (C=O) groups excluding carboxylic acids is 1. The summed E-state index contributed by atoms with van der Waals surface area (Å²) < 4.78 is 37.8. The van der Waals surface area contributed by atoms with Crippen LogP contribution in [-0.2, 0) is 23.5 Å². The van der Waals surface area contributed by atoms with Crippen LogP contribution in [0.1, 0.15) is 66.0 Å². The smallest absolute Gasteiger partial charge is 0.284 e. The molecule has 0 spiro atoms. The van der Waals surface area contributed by atoms with Gasteiger partial charge in [-0.2, -0.15) is 8.42 Å². The van der Waals surface area contributed by atoms with Crippen molar-refractivity contribution in [1.82, 2.24) is 20.4 Å². The third kappa shape index (κ3) is 5.91. The van der Waals surface area contributed by atoms with Gasteiger partial charge in [-0.1, -0.05) is 0 Å². The van der Waals surface area contributed by atoms with Crippen LogP contribution in [0.4, 0.5) is 0 Å². The number of imidazole rings is 1. The number of aryl methyl sites for hydroxylation is 1. The van der Waals surface area contributed by atoms with Gasteiger partial charge in [0, 0.05) is 26.0 Å². The monoisotopic (exact) mass is 504 g/mol. The molecule has 0 bridgehead atoms. The van der Waals surface area contributed by atoms with E-state index >= 15 is 0 Å². The molecule has 35 heavy (non-hydrogen) atoms. The van der Waals surface area contributed by atoms with E-state index < -0.39 is 16.1 Å². The molecule has 0 radical (unpaired) electrons. The highest BCUT2D eigenvalue weighted by Gasteiger charge is 2.33. The molecule has 1 aliphatic rings. The lowest BCUT2D eigenvalue weighted by atomic mass is 9.88. The molecule has 0 saturated carbocycles. The maximum absolute atomic E-state index is 13.1. The second-order valence-electron chi connectivity index (χ2n) is 9.63. The van der Waals surface area contributed by atoms with E-state index in [0.29, 0.717) is 36.3 Å². The number of sulfonamides is 1. The molecular weight excluding hydrogens is 468 g/mol. The maximum Gasteiger partial charge on any atom is 0.284 e. The first kappa shape index (κ1) is 26.8. The molecule has 10 nitrogen and oxygen atoms in total. The van der Waals surface area contributed by atoms with Crippen LogP contribution >= 0.6 is 0 Å². The number of nitrogens with two attached hydrogens (primary N) is 1. The number of Topliss-reactive ketones (excluding diaryl/α,β-unsaturated/α-hetero) is 1. The Hall–Kier alpha value is -2.76. The number of hydrogen-bond acceptors (Lipinski definition) is 7. The Bertz CT molecular complexity index is 1230. The van der Waals surface area contributed by atoms with Gasteiger partial charge in [0.05, 0.1) is 10.9 Å². The summed E-state index contributed by atoms with van der Waals surface area (Å²) in [5.74, 6) is 0.913. The van der Waals surface area contributed by atoms with E-state index in [9.17, 15) is 13.2 Å². The summed E-state index contributed by atoms with van der Waals surface area (Å²) in [7, 11) is -2.17. The van der Waals surface area contributed by atoms with Crippen LogP contribution in [0.15, 0.2) is 21.7 Å². The Morgan fingerprint density at radius 2 is 2.03 bits per heavy atom. The molecule has 0 aliphatic carbocycles. The number of ether oxygens (including phenoxy) is 1. The zero-order valence-corrected chi connectivity index (χ0v) is 22.1. The van der Waals surface area contributed by atoms with Gasteiger partial charge in [0.15, 0.2) is 5.82 Å². The number of ketones is 1. The zero-order chi connectivity index (χ0) is 26.0. The average Bonchev–Trinajstić information content (AvgIpc) is 3.21. The number of hydrogen-bond donors (Lipinski definition) is 3. The van der Waals surface area contributed by atoms with Crippen molar-refractivity contribution in [2.45, 2.75) is 76.8 Å². The Morgan fingerprint density at radius 1 is 1.31 bits per heavy atom. The van der Waals surface area contributed by atoms with E-state index in [-0.39, 0.29) is 16.3 Å². The van der Waals surface area contributed by atoms with Gasteiger partial charge in [-0.05, 0) is 82.6 Å². The molecular formula is C24H36N6O4S. The molecule has 1 aromatic heterocycles. The highest BCUT2D eigenvalue weighted by atomic mass is 32.2. The molecule has 1 atom stereocenters. The number of nitrogens with one attached hydrogen (secondary N) is 2. The van der Waals surface area contributed by atoms with Crippen molar-refractivity contribution >= 4 is 22.1 Å². The second-order valence-corrected chi connectivity index (χ2v) is 11.2. The van der Waals surface area contributed by atoms with Gasteiger partial charge in [-0.3, -0.25) is 4.79 Å². The van der Waals surface area contributed by atoms with E-state index in [4.69, 9.17) is 10.5 Å². The SMILES string of the molecule is Cc1c(C)c(S(=O)(=O)/N=C/NNCCC[C@H](N)C(=O)c2nccn2C)c(C)c2c1OC(C)(C)CC2. The lowest BCUT2D eigenvalue weighted by Crippen LogP contribution is -2.35. The third-order valence-corrected chi connectivity index (χ3v) is 7.99. The number of hydrazine groups is 1. The molecule has 0 amide bonds. The van der Waals surface area contributed by atoms with Crippen LogP contribution < -0.4 is 21.3 Å². The highest BCUT2D eigenvalue weighted by molar-refractivity contribution is 7.90. The average molecular weight is 505 g/mol. The lowest BCUT2D eigenvalue weighted by molar-refractivity contribution is 0.0831. The van der Waals surface area contributed by atoms with Gasteiger partial charge < -0.3 is 20.5 Å². The van der Waals surface area contributed by atoms with E-state index in [2.05, 4.69) is 20.2 Å². The molecule has 1 aliphatic heterocycles. The standard InChI is InChI=1S/C24H36N6O4S/c1-15-16(2)22(17(3)18-9-10-24(4,5)34-21(15)18)35(32,33)29-14-28-27-11-7-8-19(25)20(31)23-26-12-13-30(23)6/h12-14,19,27H,7-11,25H2,1-6H3,(H,28,29)/t19-/m0/s1. The van der Waals surface area contributed by atoms with Crippen molar-refractivity contribution in [3.8, 4) is 5.75 Å². The summed E-state index contributed by atoms with van der Waals surface area (Å²) in [5, 5.41) is 0. The molecule has 4 N–H and O–H groups in total. The van der Waals surface area contributed by atoms with E-state index in [1.165, 1.54) is 0 Å². The largest absolute Gasteiger partial charge is 0.487 e. The summed E-state index contributed by atoms with van der Waals surface area (Å²) in [4.78, 5) is 16.6. The molecule has 0 unspecified atom stereocenters. The molecule has 1 aromatic carbocycles. The predicted molar refractivity (Wildman–Crippen MR) is 135 cm³/mol. The molecule has 2 aromatic rings. The van der Waals surface area contributed by atoms with Gasteiger partial charge in [-0.15, -0.1) is 4.40 Å². The van der Waals surface area contributed by atoms with Crippen LogP contribution in [0.25, 0.3) is 0 Å². The van der Waals surface area contributed by atoms with Crippen molar-refractivity contribution in [2.24, 2.45) is 17.2 Å². The van der Waals surface area contributed by atoms with Crippen molar-refractivity contribution < 1.29 is 17.9 Å². The molecule has 2 heterocycles. The summed E-state index contributed by atoms with van der Waals surface area (Å²) in [6.07, 6.45) is 7.01. The van der Waals surface area contributed by atoms with Crippen molar-refractivity contribution in [1.29, 1.82) is 0 Å². The van der Waals surface area contributed by atoms with Crippen LogP contribution in [0, 0.1) is 20.8 Å². The normalized spacial score (nSPS) is 16.1. The van der Waals surface area contributed by atoms with Gasteiger partial charge in [0.1, 0.15) is 17.7 Å². The van der Waals surface area contributed by atoms with Crippen LogP contribution in [0.2, 0.25) is 0 Å². The number of benzene rings is 1. The molecule has 192 valence electrons. The quantitative estimate of drug-likeness (QED) is 0.147. The summed E-state index contributed by atoms with van der Waals surface area (Å²) in [5.41, 5.74) is 14.4. The van der Waals surface area contributed by atoms with Gasteiger partial charge in [0.25, 0.3) is 10.0 Å². The fourth-order valence-electron chi connectivity index (χ4n) is 4.31. The fraction of sp³-hybridized carbons (Fsp3) is 0.542. The van der Waals surface area contributed by atoms with Gasteiger partial charge in [-0.25, -0.2) is 10.4 Å². The van der Waals surface area contributed by atoms with Crippen molar-refractivity contribution in [2.75, 3.05) is 6.54 Å². The number of fused-ring (bicyclic) bond motifs is 1. The topological polar surface area (TPSA) is 141 Å². The molecule has 0 fully saturated rings.